The minimum absolute atomic E-state index is 0.0412. The molecule has 0 aromatic heterocycles. The van der Waals surface area contributed by atoms with Crippen molar-refractivity contribution in [1.82, 2.24) is 16.0 Å². The number of aliphatic hydroxyl groups is 1. The SMILES string of the molecule is CC(C)(C)OC(=O)C[C@H](O)[C@H](Cc1ccccc1)NC(=O)[C@H](CCC(=O)NC(c1ccccc1)(c1ccccc1)c1ccccc1)NC(=O)OCc1ccccc1. The summed E-state index contributed by atoms with van der Waals surface area (Å²) in [7, 11) is 0. The molecular weight excluding hydrogens is 719 g/mol. The molecule has 0 bridgehead atoms. The predicted octanol–water partition coefficient (Wildman–Crippen LogP) is 6.99. The number of hydrogen-bond donors (Lipinski definition) is 4. The van der Waals surface area contributed by atoms with Gasteiger partial charge in [0.2, 0.25) is 11.8 Å². The summed E-state index contributed by atoms with van der Waals surface area (Å²) >= 11 is 0. The maximum Gasteiger partial charge on any atom is 0.408 e. The summed E-state index contributed by atoms with van der Waals surface area (Å²) in [6.45, 7) is 5.15. The molecule has 0 saturated heterocycles. The minimum atomic E-state index is -1.33. The Morgan fingerprint density at radius 2 is 1.09 bits per heavy atom. The third kappa shape index (κ3) is 12.4. The van der Waals surface area contributed by atoms with E-state index in [2.05, 4.69) is 16.0 Å². The molecule has 3 amide bonds. The Kier molecular flexibility index (Phi) is 14.7. The van der Waals surface area contributed by atoms with Crippen LogP contribution in [-0.4, -0.2) is 52.8 Å². The molecule has 4 N–H and O–H groups in total. The number of nitrogens with one attached hydrogen (secondary N) is 3. The molecule has 0 fully saturated rings. The van der Waals surface area contributed by atoms with Gasteiger partial charge in [-0.2, -0.15) is 0 Å². The second-order valence-electron chi connectivity index (χ2n) is 14.9. The van der Waals surface area contributed by atoms with E-state index in [1.165, 1.54) is 0 Å². The molecule has 5 aromatic rings. The van der Waals surface area contributed by atoms with Crippen molar-refractivity contribution in [3.05, 3.63) is 179 Å². The second-order valence-corrected chi connectivity index (χ2v) is 14.9. The average Bonchev–Trinajstić information content (AvgIpc) is 3.21. The molecular formula is C47H51N3O7. The zero-order chi connectivity index (χ0) is 40.7. The van der Waals surface area contributed by atoms with Crippen molar-refractivity contribution in [2.75, 3.05) is 0 Å². The van der Waals surface area contributed by atoms with E-state index in [0.717, 1.165) is 27.8 Å². The van der Waals surface area contributed by atoms with Crippen LogP contribution in [-0.2, 0) is 42.4 Å². The number of aliphatic hydroxyl groups excluding tert-OH is 1. The minimum Gasteiger partial charge on any atom is -0.460 e. The highest BCUT2D eigenvalue weighted by Gasteiger charge is 2.38. The van der Waals surface area contributed by atoms with Crippen molar-refractivity contribution < 1.29 is 33.8 Å². The Hall–Kier alpha value is -6.26. The summed E-state index contributed by atoms with van der Waals surface area (Å²) in [5, 5.41) is 20.2. The van der Waals surface area contributed by atoms with Gasteiger partial charge in [-0.05, 0) is 61.4 Å². The van der Waals surface area contributed by atoms with Crippen LogP contribution in [0, 0.1) is 0 Å². The fraction of sp³-hybridized carbons (Fsp3) is 0.277. The lowest BCUT2D eigenvalue weighted by molar-refractivity contribution is -0.157. The highest BCUT2D eigenvalue weighted by Crippen LogP contribution is 2.37. The molecule has 10 nitrogen and oxygen atoms in total. The van der Waals surface area contributed by atoms with E-state index in [1.54, 1.807) is 32.9 Å². The van der Waals surface area contributed by atoms with Crippen molar-refractivity contribution >= 4 is 23.9 Å². The van der Waals surface area contributed by atoms with Crippen LogP contribution < -0.4 is 16.0 Å². The molecule has 0 aliphatic carbocycles. The lowest BCUT2D eigenvalue weighted by atomic mass is 9.77. The molecule has 0 spiro atoms. The van der Waals surface area contributed by atoms with E-state index >= 15 is 0 Å². The van der Waals surface area contributed by atoms with Crippen LogP contribution in [0.1, 0.15) is 67.9 Å². The number of carbonyl (C=O) groups excluding carboxylic acids is 4. The molecule has 10 heteroatoms. The molecule has 0 aliphatic heterocycles. The summed E-state index contributed by atoms with van der Waals surface area (Å²) in [6, 6.07) is 45.0. The molecule has 5 rings (SSSR count). The summed E-state index contributed by atoms with van der Waals surface area (Å²) in [6.07, 6.45) is -2.69. The van der Waals surface area contributed by atoms with Gasteiger partial charge in [0.15, 0.2) is 0 Å². The molecule has 57 heavy (non-hydrogen) atoms. The smallest absolute Gasteiger partial charge is 0.408 e. The highest BCUT2D eigenvalue weighted by atomic mass is 16.6. The van der Waals surface area contributed by atoms with Crippen molar-refractivity contribution in [3.8, 4) is 0 Å². The number of amides is 3. The fourth-order valence-electron chi connectivity index (χ4n) is 6.63. The molecule has 0 unspecified atom stereocenters. The number of rotatable bonds is 17. The Balaban J connectivity index is 1.41. The molecule has 3 atom stereocenters. The van der Waals surface area contributed by atoms with Crippen LogP contribution in [0.15, 0.2) is 152 Å². The van der Waals surface area contributed by atoms with E-state index in [0.29, 0.717) is 0 Å². The van der Waals surface area contributed by atoms with E-state index in [9.17, 15) is 24.3 Å². The van der Waals surface area contributed by atoms with Gasteiger partial charge in [0, 0.05) is 6.42 Å². The van der Waals surface area contributed by atoms with Gasteiger partial charge < -0.3 is 30.5 Å². The lowest BCUT2D eigenvalue weighted by Crippen LogP contribution is -2.54. The topological polar surface area (TPSA) is 143 Å². The highest BCUT2D eigenvalue weighted by molar-refractivity contribution is 5.87. The molecule has 0 heterocycles. The first-order valence-corrected chi connectivity index (χ1v) is 19.1. The maximum absolute atomic E-state index is 14.2. The predicted molar refractivity (Wildman–Crippen MR) is 219 cm³/mol. The number of ether oxygens (including phenoxy) is 2. The van der Waals surface area contributed by atoms with E-state index in [4.69, 9.17) is 9.47 Å². The Morgan fingerprint density at radius 1 is 0.632 bits per heavy atom. The third-order valence-corrected chi connectivity index (χ3v) is 9.32. The van der Waals surface area contributed by atoms with Crippen LogP contribution in [0.25, 0.3) is 0 Å². The number of carbonyl (C=O) groups is 4. The second kappa shape index (κ2) is 20.1. The third-order valence-electron chi connectivity index (χ3n) is 9.32. The van der Waals surface area contributed by atoms with Crippen LogP contribution in [0.4, 0.5) is 4.79 Å². The molecule has 5 aromatic carbocycles. The lowest BCUT2D eigenvalue weighted by Gasteiger charge is -2.37. The van der Waals surface area contributed by atoms with Gasteiger partial charge in [-0.1, -0.05) is 152 Å². The quantitative estimate of drug-likeness (QED) is 0.0590. The van der Waals surface area contributed by atoms with Crippen LogP contribution in [0.3, 0.4) is 0 Å². The van der Waals surface area contributed by atoms with Crippen LogP contribution >= 0.6 is 0 Å². The largest absolute Gasteiger partial charge is 0.460 e. The van der Waals surface area contributed by atoms with Crippen molar-refractivity contribution in [1.29, 1.82) is 0 Å². The summed E-state index contributed by atoms with van der Waals surface area (Å²) in [5.41, 5.74) is 2.18. The first-order valence-electron chi connectivity index (χ1n) is 19.1. The molecule has 0 aliphatic rings. The van der Waals surface area contributed by atoms with E-state index in [1.807, 2.05) is 140 Å². The average molecular weight is 770 g/mol. The van der Waals surface area contributed by atoms with E-state index < -0.39 is 47.3 Å². The first-order chi connectivity index (χ1) is 27.4. The van der Waals surface area contributed by atoms with E-state index in [-0.39, 0.29) is 38.2 Å². The number of esters is 1. The zero-order valence-corrected chi connectivity index (χ0v) is 32.6. The molecule has 0 saturated carbocycles. The van der Waals surface area contributed by atoms with Gasteiger partial charge in [-0.25, -0.2) is 4.79 Å². The zero-order valence-electron chi connectivity index (χ0n) is 32.6. The van der Waals surface area contributed by atoms with Crippen LogP contribution in [0.5, 0.6) is 0 Å². The Bertz CT molecular complexity index is 1930. The number of alkyl carbamates (subject to hydrolysis) is 1. The van der Waals surface area contributed by atoms with Gasteiger partial charge in [0.25, 0.3) is 0 Å². The van der Waals surface area contributed by atoms with Crippen molar-refractivity contribution in [2.24, 2.45) is 0 Å². The summed E-state index contributed by atoms with van der Waals surface area (Å²) < 4.78 is 10.9. The van der Waals surface area contributed by atoms with Gasteiger partial charge in [-0.15, -0.1) is 0 Å². The standard InChI is InChI=1S/C47H51N3O7/c1-46(2,3)57-43(53)32-41(51)40(31-34-19-9-4-10-20-34)48-44(54)39(49-45(55)56-33-35-21-11-5-12-22-35)29-30-42(52)50-47(36-23-13-6-14-24-36,37-25-15-7-16-26-37)38-27-17-8-18-28-38/h4-28,39-41,51H,29-33H2,1-3H3,(H,48,54)(H,49,55)(H,50,52)/t39-,40-,41-/m0/s1. The summed E-state index contributed by atoms with van der Waals surface area (Å²) in [4.78, 5) is 54.4. The van der Waals surface area contributed by atoms with Gasteiger partial charge in [0.05, 0.1) is 18.6 Å². The van der Waals surface area contributed by atoms with Gasteiger partial charge >= 0.3 is 12.1 Å². The monoisotopic (exact) mass is 769 g/mol. The number of hydrogen-bond acceptors (Lipinski definition) is 7. The Morgan fingerprint density at radius 3 is 1.56 bits per heavy atom. The fourth-order valence-corrected chi connectivity index (χ4v) is 6.63. The number of benzene rings is 5. The molecule has 0 radical (unpaired) electrons. The van der Waals surface area contributed by atoms with Gasteiger partial charge in [-0.3, -0.25) is 14.4 Å². The van der Waals surface area contributed by atoms with Crippen molar-refractivity contribution in [3.63, 3.8) is 0 Å². The molecule has 296 valence electrons. The van der Waals surface area contributed by atoms with Gasteiger partial charge in [0.1, 0.15) is 23.8 Å². The van der Waals surface area contributed by atoms with Crippen LogP contribution in [0.2, 0.25) is 0 Å². The summed E-state index contributed by atoms with van der Waals surface area (Å²) in [5.74, 6) is -1.67. The first kappa shape index (κ1) is 41.9. The normalized spacial score (nSPS) is 13.0. The Labute approximate surface area is 334 Å². The maximum atomic E-state index is 14.2. The van der Waals surface area contributed by atoms with Crippen molar-refractivity contribution in [2.45, 2.75) is 82.4 Å².